The summed E-state index contributed by atoms with van der Waals surface area (Å²) in [5.74, 6) is 0.611. The fraction of sp³-hybridized carbons (Fsp3) is 0.321. The van der Waals surface area contributed by atoms with E-state index in [2.05, 4.69) is 118 Å². The summed E-state index contributed by atoms with van der Waals surface area (Å²) in [5.41, 5.74) is 6.98. The Morgan fingerprint density at radius 3 is 1.58 bits per heavy atom. The number of alkyl halides is 3. The van der Waals surface area contributed by atoms with Gasteiger partial charge in [-0.05, 0) is 202 Å². The number of aromatic nitrogens is 4. The lowest BCUT2D eigenvalue weighted by molar-refractivity contribution is -0.142. The Bertz CT molecular complexity index is 5100. The number of carbonyl (C=O) groups is 9. The highest BCUT2D eigenvalue weighted by atomic mass is 127. The molecule has 4 aliphatic heterocycles. The largest absolute Gasteiger partial charge is 0.416 e. The van der Waals surface area contributed by atoms with Crippen molar-refractivity contribution in [2.24, 2.45) is 23.7 Å². The predicted octanol–water partition coefficient (Wildman–Crippen LogP) is 15.4. The Kier molecular flexibility index (Phi) is 26.4. The second-order valence-electron chi connectivity index (χ2n) is 27.9. The molecule has 108 heavy (non-hydrogen) atoms. The number of likely N-dealkylation sites (tertiary alicyclic amines) is 4. The third kappa shape index (κ3) is 18.8. The van der Waals surface area contributed by atoms with Crippen molar-refractivity contribution in [2.45, 2.75) is 83.8 Å². The molecule has 0 radical (unpaired) electrons. The van der Waals surface area contributed by atoms with Crippen LogP contribution in [0.5, 0.6) is 0 Å². The summed E-state index contributed by atoms with van der Waals surface area (Å²) in [5, 5.41) is 4.50. The molecule has 27 heteroatoms. The van der Waals surface area contributed by atoms with Crippen LogP contribution in [0.4, 0.5) is 13.2 Å². The number of aryl methyl sites for hydroxylation is 1. The lowest BCUT2D eigenvalue weighted by Crippen LogP contribution is -2.61. The first-order valence-corrected chi connectivity index (χ1v) is 39.8. The second kappa shape index (κ2) is 35.1. The van der Waals surface area contributed by atoms with Gasteiger partial charge >= 0.3 is 6.18 Å². The van der Waals surface area contributed by atoms with Gasteiger partial charge in [-0.1, -0.05) is 89.7 Å². The number of hydrogen-bond donors (Lipinski definition) is 0. The van der Waals surface area contributed by atoms with Gasteiger partial charge in [-0.15, -0.1) is 0 Å². The number of ketones is 4. The molecule has 14 rings (SSSR count). The topological polar surface area (TPSA) is 190 Å². The summed E-state index contributed by atoms with van der Waals surface area (Å²) in [7, 11) is 1.81. The summed E-state index contributed by atoms with van der Waals surface area (Å²) < 4.78 is 50.1. The summed E-state index contributed by atoms with van der Waals surface area (Å²) in [6.07, 6.45) is 10.1. The van der Waals surface area contributed by atoms with Crippen LogP contribution in [0.3, 0.4) is 0 Å². The van der Waals surface area contributed by atoms with E-state index in [1.165, 1.54) is 50.5 Å². The van der Waals surface area contributed by atoms with Crippen LogP contribution in [0.25, 0.3) is 43.6 Å². The highest BCUT2D eigenvalue weighted by molar-refractivity contribution is 14.1. The fourth-order valence-electron chi connectivity index (χ4n) is 14.5. The van der Waals surface area contributed by atoms with Gasteiger partial charge in [-0.25, -0.2) is 0 Å². The van der Waals surface area contributed by atoms with E-state index in [4.69, 9.17) is 23.2 Å². The molecule has 5 aliphatic rings. The van der Waals surface area contributed by atoms with Crippen molar-refractivity contribution in [2.75, 3.05) is 59.4 Å². The number of amides is 5. The van der Waals surface area contributed by atoms with E-state index in [1.807, 2.05) is 99.1 Å². The molecule has 8 heterocycles. The number of halogens is 9. The van der Waals surface area contributed by atoms with Gasteiger partial charge in [-0.2, -0.15) is 13.2 Å². The molecular weight excluding hydrogens is 1830 g/mol. The van der Waals surface area contributed by atoms with E-state index in [0.29, 0.717) is 109 Å². The van der Waals surface area contributed by atoms with E-state index in [1.54, 1.807) is 47.4 Å². The van der Waals surface area contributed by atoms with Crippen molar-refractivity contribution in [3.05, 3.63) is 219 Å². The number of likely N-dealkylation sites (N-methyl/N-ethyl adjacent to an activating group) is 1. The fourth-order valence-corrected chi connectivity index (χ4v) is 17.3. The number of carbonyl (C=O) groups excluding carboxylic acids is 9. The molecule has 0 N–H and O–H groups in total. The van der Waals surface area contributed by atoms with Gasteiger partial charge in [0.15, 0.2) is 23.1 Å². The predicted molar refractivity (Wildman–Crippen MR) is 443 cm³/mol. The average molecular weight is 1910 g/mol. The molecule has 564 valence electrons. The lowest BCUT2D eigenvalue weighted by Gasteiger charge is -2.43. The van der Waals surface area contributed by atoms with Crippen molar-refractivity contribution >= 4 is 203 Å². The van der Waals surface area contributed by atoms with E-state index < -0.39 is 11.7 Å². The number of benzene rings is 5. The van der Waals surface area contributed by atoms with Gasteiger partial charge in [0, 0.05) is 191 Å². The van der Waals surface area contributed by atoms with E-state index in [9.17, 15) is 56.3 Å². The molecule has 9 aromatic rings. The van der Waals surface area contributed by atoms with Crippen LogP contribution in [-0.4, -0.2) is 161 Å². The molecule has 1 atom stereocenters. The summed E-state index contributed by atoms with van der Waals surface area (Å²) in [6, 6.07) is 29.7. The molecule has 5 amide bonds. The third-order valence-corrected chi connectivity index (χ3v) is 24.1. The van der Waals surface area contributed by atoms with Gasteiger partial charge < -0.3 is 42.8 Å². The molecule has 0 spiro atoms. The monoisotopic (exact) mass is 1910 g/mol. The number of rotatable bonds is 21. The standard InChI is InChI=1S/C29H29BrN2O3.C18H16F3IN2O2.C17H16Cl2N2O2.C17H17I2N3O2/c1-3-27(34)31-15-19(16-31)12-24(33)17-32-18(2)28(25-14-23(30)10-11-26(25)32)29(35)22-9-8-20-6-4-5-7-21(20)13-22;1-2-17(26)24-7-11(8-24)5-13(25)9-23-10-15(22)14-6-12(18(19,20)21)3-4-16(14)23;1-2-17(23)21-8-11(9-21)5-13(22)10-20-4-3-12-6-14(18)15(19)7-16(12)20;1-3-16(23)22-7-12(8-22)20(2)17(24)10-21-9-14(19)13-6-11(18)4-5-15(13)21/h3-7,10-11,14,19,22H,1,8-9,12-13,15-17H2,2H3;2-4,6,10-11H,1,5,7-9H2;2-4,6-7,11H,1,5,8-10H2;3-6,9,12H,1,7-8,10H2,2H3. The van der Waals surface area contributed by atoms with Crippen molar-refractivity contribution in [1.29, 1.82) is 0 Å². The van der Waals surface area contributed by atoms with Crippen molar-refractivity contribution < 1.29 is 56.3 Å². The van der Waals surface area contributed by atoms with Crippen LogP contribution in [0.15, 0.2) is 171 Å². The highest BCUT2D eigenvalue weighted by Crippen LogP contribution is 2.38. The van der Waals surface area contributed by atoms with Crippen molar-refractivity contribution in [3.8, 4) is 0 Å². The highest BCUT2D eigenvalue weighted by Gasteiger charge is 2.38. The quantitative estimate of drug-likeness (QED) is 0.0383. The van der Waals surface area contributed by atoms with Gasteiger partial charge in [0.05, 0.1) is 41.3 Å². The first kappa shape index (κ1) is 81.3. The van der Waals surface area contributed by atoms with Crippen LogP contribution < -0.4 is 0 Å². The molecule has 18 nitrogen and oxygen atoms in total. The summed E-state index contributed by atoms with van der Waals surface area (Å²) >= 11 is 22.2. The van der Waals surface area contributed by atoms with E-state index in [0.717, 1.165) is 78.0 Å². The average Bonchev–Trinajstić information content (AvgIpc) is 1.60. The number of Topliss-reactive ketones (excluding diaryl/α,β-unsaturated/α-hetero) is 4. The van der Waals surface area contributed by atoms with Gasteiger partial charge in [0.1, 0.15) is 6.54 Å². The van der Waals surface area contributed by atoms with Gasteiger partial charge in [0.2, 0.25) is 29.5 Å². The zero-order valence-corrected chi connectivity index (χ0v) is 68.9. The van der Waals surface area contributed by atoms with Crippen LogP contribution in [-0.2, 0) is 83.6 Å². The Labute approximate surface area is 682 Å². The zero-order chi connectivity index (χ0) is 77.7. The normalized spacial score (nSPS) is 15.8. The zero-order valence-electron chi connectivity index (χ0n) is 59.3. The van der Waals surface area contributed by atoms with Crippen LogP contribution in [0.1, 0.15) is 58.4 Å². The molecule has 0 saturated carbocycles. The van der Waals surface area contributed by atoms with Crippen molar-refractivity contribution in [1.82, 2.24) is 42.8 Å². The first-order chi connectivity index (χ1) is 51.4. The SMILES string of the molecule is C=CC(=O)N1CC(CC(=O)Cn2c(C)c(C(=O)C3CCc4ccccc4C3)c3cc(Br)ccc32)C1.C=CC(=O)N1CC(CC(=O)Cn2cc(I)c3cc(C(F)(F)F)ccc32)C1.C=CC(=O)N1CC(CC(=O)Cn2ccc3cc(Cl)c(Cl)cc32)C1.C=CC(=O)N1CC(N(C)C(=O)Cn2cc(I)c3cc(I)ccc32)C1. The Morgan fingerprint density at radius 1 is 0.556 bits per heavy atom. The summed E-state index contributed by atoms with van der Waals surface area (Å²) in [4.78, 5) is 118. The molecule has 1 unspecified atom stereocenters. The maximum absolute atomic E-state index is 13.9. The minimum atomic E-state index is -4.39. The number of hydrogen-bond acceptors (Lipinski definition) is 9. The molecule has 0 bridgehead atoms. The second-order valence-corrected chi connectivity index (χ2v) is 33.2. The number of fused-ring (bicyclic) bond motifs is 5. The molecule has 4 aromatic heterocycles. The van der Waals surface area contributed by atoms with Crippen molar-refractivity contribution in [3.63, 3.8) is 0 Å². The Balaban J connectivity index is 0.000000145. The molecule has 5 aromatic carbocycles. The maximum atomic E-state index is 13.9. The summed E-state index contributed by atoms with van der Waals surface area (Å²) in [6.45, 7) is 21.5. The maximum Gasteiger partial charge on any atom is 0.416 e. The molecule has 4 saturated heterocycles. The Hall–Kier alpha value is -7.71. The van der Waals surface area contributed by atoms with Crippen LogP contribution in [0.2, 0.25) is 10.0 Å². The molecule has 1 aliphatic carbocycles. The lowest BCUT2D eigenvalue weighted by atomic mass is 9.79. The first-order valence-electron chi connectivity index (χ1n) is 35.0. The minimum absolute atomic E-state index is 0.00565. The Morgan fingerprint density at radius 2 is 1.04 bits per heavy atom. The minimum Gasteiger partial charge on any atom is -0.340 e. The third-order valence-electron chi connectivity index (χ3n) is 20.5. The smallest absolute Gasteiger partial charge is 0.340 e. The van der Waals surface area contributed by atoms with Gasteiger partial charge in [-0.3, -0.25) is 43.2 Å². The molecular formula is C81H78BrCl2F3I3N9O9. The van der Waals surface area contributed by atoms with Crippen LogP contribution >= 0.6 is 107 Å². The van der Waals surface area contributed by atoms with E-state index in [-0.39, 0.29) is 95.5 Å². The molecule has 4 fully saturated rings. The van der Waals surface area contributed by atoms with Gasteiger partial charge in [0.25, 0.3) is 0 Å². The van der Waals surface area contributed by atoms with Crippen LogP contribution in [0, 0.1) is 41.3 Å². The van der Waals surface area contributed by atoms with E-state index >= 15 is 0 Å². The number of nitrogens with zero attached hydrogens (tertiary/aromatic N) is 9.